The Bertz CT molecular complexity index is 712. The zero-order valence-electron chi connectivity index (χ0n) is 14.7. The van der Waals surface area contributed by atoms with E-state index in [1.807, 2.05) is 50.2 Å². The van der Waals surface area contributed by atoms with Crippen molar-refractivity contribution in [2.24, 2.45) is 0 Å². The van der Waals surface area contributed by atoms with E-state index in [1.54, 1.807) is 4.90 Å². The van der Waals surface area contributed by atoms with Crippen LogP contribution in [0.1, 0.15) is 24.2 Å². The highest BCUT2D eigenvalue weighted by atomic mass is 16.5. The second kappa shape index (κ2) is 8.03. The van der Waals surface area contributed by atoms with Gasteiger partial charge >= 0.3 is 6.03 Å². The van der Waals surface area contributed by atoms with Crippen LogP contribution in [0.5, 0.6) is 5.75 Å². The van der Waals surface area contributed by atoms with Crippen molar-refractivity contribution in [3.63, 3.8) is 0 Å². The summed E-state index contributed by atoms with van der Waals surface area (Å²) in [5.41, 5.74) is 2.90. The molecule has 5 nitrogen and oxygen atoms in total. The number of carbonyl (C=O) groups excluding carboxylic acids is 1. The molecule has 132 valence electrons. The van der Waals surface area contributed by atoms with Gasteiger partial charge in [0.2, 0.25) is 0 Å². The Morgan fingerprint density at radius 3 is 2.56 bits per heavy atom. The molecule has 2 aromatic carbocycles. The van der Waals surface area contributed by atoms with Crippen LogP contribution in [-0.4, -0.2) is 37.2 Å². The van der Waals surface area contributed by atoms with E-state index in [0.717, 1.165) is 22.6 Å². The Morgan fingerprint density at radius 1 is 1.16 bits per heavy atom. The Balaban J connectivity index is 1.63. The molecular weight excluding hydrogens is 316 g/mol. The van der Waals surface area contributed by atoms with Gasteiger partial charge in [-0.05, 0) is 43.2 Å². The molecule has 0 radical (unpaired) electrons. The smallest absolute Gasteiger partial charge is 0.322 e. The molecule has 2 aromatic rings. The van der Waals surface area contributed by atoms with Gasteiger partial charge in [-0.2, -0.15) is 0 Å². The van der Waals surface area contributed by atoms with Gasteiger partial charge in [-0.1, -0.05) is 30.3 Å². The third-order valence-corrected chi connectivity index (χ3v) is 4.32. The fourth-order valence-electron chi connectivity index (χ4n) is 2.81. The summed E-state index contributed by atoms with van der Waals surface area (Å²) < 4.78 is 11.3. The van der Waals surface area contributed by atoms with Gasteiger partial charge in [0, 0.05) is 18.8 Å². The molecule has 25 heavy (non-hydrogen) atoms. The first-order chi connectivity index (χ1) is 12.1. The molecule has 0 bridgehead atoms. The average molecular weight is 340 g/mol. The Hall–Kier alpha value is -2.53. The van der Waals surface area contributed by atoms with Gasteiger partial charge in [0.1, 0.15) is 11.9 Å². The van der Waals surface area contributed by atoms with Crippen LogP contribution in [0.4, 0.5) is 10.5 Å². The van der Waals surface area contributed by atoms with Crippen LogP contribution < -0.4 is 10.1 Å². The Kier molecular flexibility index (Phi) is 5.56. The number of benzene rings is 2. The summed E-state index contributed by atoms with van der Waals surface area (Å²) in [5.74, 6) is 0.790. The van der Waals surface area contributed by atoms with Crippen LogP contribution in [0.25, 0.3) is 0 Å². The van der Waals surface area contributed by atoms with Crippen molar-refractivity contribution in [2.45, 2.75) is 20.0 Å². The van der Waals surface area contributed by atoms with E-state index in [-0.39, 0.29) is 12.1 Å². The summed E-state index contributed by atoms with van der Waals surface area (Å²) >= 11 is 0. The number of aryl methyl sites for hydroxylation is 1. The summed E-state index contributed by atoms with van der Waals surface area (Å²) in [6, 6.07) is 15.7. The molecule has 1 aliphatic heterocycles. The summed E-state index contributed by atoms with van der Waals surface area (Å²) in [5, 5.41) is 2.97. The van der Waals surface area contributed by atoms with E-state index < -0.39 is 0 Å². The summed E-state index contributed by atoms with van der Waals surface area (Å²) in [6.07, 6.45) is -0.0330. The van der Waals surface area contributed by atoms with E-state index >= 15 is 0 Å². The predicted molar refractivity (Wildman–Crippen MR) is 98.1 cm³/mol. The fraction of sp³-hybridized carbons (Fsp3) is 0.350. The Morgan fingerprint density at radius 2 is 1.88 bits per heavy atom. The highest BCUT2D eigenvalue weighted by molar-refractivity contribution is 5.90. The monoisotopic (exact) mass is 340 g/mol. The largest absolute Gasteiger partial charge is 0.486 e. The van der Waals surface area contributed by atoms with Crippen LogP contribution in [0.2, 0.25) is 0 Å². The number of ether oxygens (including phenoxy) is 2. The van der Waals surface area contributed by atoms with Crippen molar-refractivity contribution < 1.29 is 14.3 Å². The topological polar surface area (TPSA) is 50.8 Å². The third-order valence-electron chi connectivity index (χ3n) is 4.32. The maximum atomic E-state index is 12.3. The molecular formula is C20H24N2O3. The summed E-state index contributed by atoms with van der Waals surface area (Å²) in [4.78, 5) is 14.1. The maximum Gasteiger partial charge on any atom is 0.322 e. The van der Waals surface area contributed by atoms with E-state index in [0.29, 0.717) is 26.3 Å². The number of morpholine rings is 1. The maximum absolute atomic E-state index is 12.3. The van der Waals surface area contributed by atoms with Crippen LogP contribution in [-0.2, 0) is 4.74 Å². The Labute approximate surface area is 148 Å². The molecule has 1 saturated heterocycles. The molecule has 3 rings (SSSR count). The standard InChI is InChI=1S/C20H24N2O3/c1-15-14-18(25-16(2)17-6-4-3-5-7-17)8-9-19(15)21-20(23)22-10-12-24-13-11-22/h3-9,14,16H,10-13H2,1-2H3,(H,21,23)/t16-/m1/s1. The quantitative estimate of drug-likeness (QED) is 0.915. The first-order valence-electron chi connectivity index (χ1n) is 8.59. The number of hydrogen-bond acceptors (Lipinski definition) is 3. The number of hydrogen-bond donors (Lipinski definition) is 1. The highest BCUT2D eigenvalue weighted by Crippen LogP contribution is 2.26. The van der Waals surface area contributed by atoms with Gasteiger partial charge in [0.25, 0.3) is 0 Å². The number of nitrogens with zero attached hydrogens (tertiary/aromatic N) is 1. The molecule has 1 heterocycles. The van der Waals surface area contributed by atoms with Crippen molar-refractivity contribution in [1.29, 1.82) is 0 Å². The number of carbonyl (C=O) groups is 1. The van der Waals surface area contributed by atoms with Crippen molar-refractivity contribution in [3.8, 4) is 5.75 Å². The predicted octanol–water partition coefficient (Wildman–Crippen LogP) is 4.00. The first kappa shape index (κ1) is 17.3. The van der Waals surface area contributed by atoms with Crippen molar-refractivity contribution in [1.82, 2.24) is 4.90 Å². The van der Waals surface area contributed by atoms with Gasteiger partial charge in [-0.15, -0.1) is 0 Å². The second-order valence-electron chi connectivity index (χ2n) is 6.18. The second-order valence-corrected chi connectivity index (χ2v) is 6.18. The van der Waals surface area contributed by atoms with Crippen molar-refractivity contribution in [3.05, 3.63) is 59.7 Å². The average Bonchev–Trinajstić information content (AvgIpc) is 2.65. The number of anilines is 1. The third kappa shape index (κ3) is 4.51. The van der Waals surface area contributed by atoms with E-state index in [9.17, 15) is 4.79 Å². The zero-order valence-corrected chi connectivity index (χ0v) is 14.7. The highest BCUT2D eigenvalue weighted by Gasteiger charge is 2.17. The van der Waals surface area contributed by atoms with Crippen LogP contribution in [0.15, 0.2) is 48.5 Å². The van der Waals surface area contributed by atoms with Gasteiger partial charge in [-0.3, -0.25) is 0 Å². The van der Waals surface area contributed by atoms with Crippen LogP contribution in [0, 0.1) is 6.92 Å². The zero-order chi connectivity index (χ0) is 17.6. The molecule has 5 heteroatoms. The molecule has 2 amide bonds. The minimum atomic E-state index is -0.0854. The lowest BCUT2D eigenvalue weighted by molar-refractivity contribution is 0.0564. The molecule has 0 spiro atoms. The molecule has 0 saturated carbocycles. The molecule has 1 aliphatic rings. The lowest BCUT2D eigenvalue weighted by atomic mass is 10.1. The number of urea groups is 1. The number of rotatable bonds is 4. The van der Waals surface area contributed by atoms with E-state index in [2.05, 4.69) is 17.4 Å². The van der Waals surface area contributed by atoms with Gasteiger partial charge in [0.15, 0.2) is 0 Å². The molecule has 0 aliphatic carbocycles. The van der Waals surface area contributed by atoms with Gasteiger partial charge in [-0.25, -0.2) is 4.79 Å². The lowest BCUT2D eigenvalue weighted by Gasteiger charge is -2.27. The van der Waals surface area contributed by atoms with Crippen LogP contribution >= 0.6 is 0 Å². The minimum Gasteiger partial charge on any atom is -0.486 e. The number of amides is 2. The summed E-state index contributed by atoms with van der Waals surface area (Å²) in [6.45, 7) is 6.43. The van der Waals surface area contributed by atoms with Crippen molar-refractivity contribution >= 4 is 11.7 Å². The lowest BCUT2D eigenvalue weighted by Crippen LogP contribution is -2.43. The van der Waals surface area contributed by atoms with Crippen LogP contribution in [0.3, 0.4) is 0 Å². The molecule has 1 fully saturated rings. The molecule has 0 unspecified atom stereocenters. The molecule has 1 N–H and O–H groups in total. The molecule has 1 atom stereocenters. The van der Waals surface area contributed by atoms with Gasteiger partial charge < -0.3 is 19.7 Å². The molecule has 0 aromatic heterocycles. The van der Waals surface area contributed by atoms with Crippen molar-refractivity contribution in [2.75, 3.05) is 31.6 Å². The minimum absolute atomic E-state index is 0.0330. The SMILES string of the molecule is Cc1cc(O[C@H](C)c2ccccc2)ccc1NC(=O)N1CCOCC1. The summed E-state index contributed by atoms with van der Waals surface area (Å²) in [7, 11) is 0. The van der Waals surface area contributed by atoms with E-state index in [1.165, 1.54) is 0 Å². The van der Waals surface area contributed by atoms with E-state index in [4.69, 9.17) is 9.47 Å². The normalized spacial score (nSPS) is 15.5. The fourth-order valence-corrected chi connectivity index (χ4v) is 2.81. The van der Waals surface area contributed by atoms with Gasteiger partial charge in [0.05, 0.1) is 13.2 Å². The first-order valence-corrected chi connectivity index (χ1v) is 8.59. The number of nitrogens with one attached hydrogen (secondary N) is 1.